The first kappa shape index (κ1) is 40.3. The predicted molar refractivity (Wildman–Crippen MR) is 200 cm³/mol. The molecule has 294 valence electrons. The summed E-state index contributed by atoms with van der Waals surface area (Å²) in [6, 6.07) is 5.37. The Labute approximate surface area is 316 Å². The number of amides is 4. The number of carbonyl (C=O) groups is 5. The molecule has 1 unspecified atom stereocenters. The Kier molecular flexibility index (Phi) is 13.1. The smallest absolute Gasteiger partial charge is 0.257 e. The van der Waals surface area contributed by atoms with E-state index in [0.717, 1.165) is 44.9 Å². The van der Waals surface area contributed by atoms with Gasteiger partial charge in [-0.3, -0.25) is 29.3 Å². The summed E-state index contributed by atoms with van der Waals surface area (Å²) in [5, 5.41) is 9.21. The molecule has 1 saturated heterocycles. The fraction of sp³-hybridized carbons (Fsp3) is 0.564. The molecular weight excluding hydrogens is 696 g/mol. The molecule has 2 aliphatic carbocycles. The van der Waals surface area contributed by atoms with Crippen LogP contribution in [0.25, 0.3) is 0 Å². The van der Waals surface area contributed by atoms with Crippen molar-refractivity contribution >= 4 is 29.4 Å². The first-order valence-corrected chi connectivity index (χ1v) is 18.6. The SMILES string of the molecule is COc1cc(OC)c(C(=O)NC2CCC([C@@]3(C)NC3C(=O)c3cc(C(=O)N(C)C4CCCCC4)c(OC)cc3OCC(N)=O)CC2)cc1C(=O)NCCN. The van der Waals surface area contributed by atoms with Gasteiger partial charge in [0.1, 0.15) is 23.0 Å². The van der Waals surface area contributed by atoms with Crippen molar-refractivity contribution in [2.45, 2.75) is 88.4 Å². The zero-order chi connectivity index (χ0) is 39.2. The van der Waals surface area contributed by atoms with Crippen molar-refractivity contribution < 1.29 is 42.9 Å². The van der Waals surface area contributed by atoms with Gasteiger partial charge in [-0.15, -0.1) is 0 Å². The molecule has 0 spiro atoms. The molecular formula is C39H54N6O9. The van der Waals surface area contributed by atoms with Crippen molar-refractivity contribution in [3.63, 3.8) is 0 Å². The normalized spacial score (nSPS) is 22.4. The van der Waals surface area contributed by atoms with Crippen LogP contribution >= 0.6 is 0 Å². The monoisotopic (exact) mass is 750 g/mol. The molecule has 4 amide bonds. The zero-order valence-corrected chi connectivity index (χ0v) is 31.9. The molecule has 3 fully saturated rings. The number of nitrogens with two attached hydrogens (primary N) is 2. The summed E-state index contributed by atoms with van der Waals surface area (Å²) >= 11 is 0. The summed E-state index contributed by atoms with van der Waals surface area (Å²) in [6.45, 7) is 2.09. The van der Waals surface area contributed by atoms with E-state index < -0.39 is 30.0 Å². The summed E-state index contributed by atoms with van der Waals surface area (Å²) in [5.41, 5.74) is 11.2. The molecule has 15 nitrogen and oxygen atoms in total. The number of ketones is 1. The molecule has 2 aromatic rings. The lowest BCUT2D eigenvalue weighted by molar-refractivity contribution is -0.119. The maximum atomic E-state index is 14.2. The second kappa shape index (κ2) is 17.5. The van der Waals surface area contributed by atoms with Gasteiger partial charge in [-0.2, -0.15) is 0 Å². The van der Waals surface area contributed by atoms with Crippen molar-refractivity contribution in [2.24, 2.45) is 17.4 Å². The van der Waals surface area contributed by atoms with Crippen LogP contribution in [0.2, 0.25) is 0 Å². The van der Waals surface area contributed by atoms with Crippen molar-refractivity contribution in [1.82, 2.24) is 20.9 Å². The van der Waals surface area contributed by atoms with Gasteiger partial charge in [-0.25, -0.2) is 0 Å². The Morgan fingerprint density at radius 2 is 1.37 bits per heavy atom. The van der Waals surface area contributed by atoms with E-state index in [1.165, 1.54) is 45.6 Å². The molecule has 15 heteroatoms. The quantitative estimate of drug-likeness (QED) is 0.124. The van der Waals surface area contributed by atoms with Crippen LogP contribution in [0.3, 0.4) is 0 Å². The number of hydrogen-bond acceptors (Lipinski definition) is 11. The topological polar surface area (TPSA) is 224 Å². The third-order valence-corrected chi connectivity index (χ3v) is 11.2. The number of benzene rings is 2. The van der Waals surface area contributed by atoms with Gasteiger partial charge in [0.05, 0.1) is 49.6 Å². The largest absolute Gasteiger partial charge is 0.496 e. The number of hydrogen-bond donors (Lipinski definition) is 5. The van der Waals surface area contributed by atoms with Crippen molar-refractivity contribution in [3.8, 4) is 23.0 Å². The maximum absolute atomic E-state index is 14.2. The molecule has 2 aromatic carbocycles. The average Bonchev–Trinajstić information content (AvgIpc) is 3.89. The molecule has 1 aliphatic heterocycles. The number of ether oxygens (including phenoxy) is 4. The molecule has 1 heterocycles. The maximum Gasteiger partial charge on any atom is 0.257 e. The van der Waals surface area contributed by atoms with E-state index in [0.29, 0.717) is 12.8 Å². The molecule has 5 rings (SSSR count). The molecule has 54 heavy (non-hydrogen) atoms. The van der Waals surface area contributed by atoms with Gasteiger partial charge in [0.2, 0.25) is 0 Å². The van der Waals surface area contributed by atoms with Gasteiger partial charge in [-0.05, 0) is 63.5 Å². The second-order valence-electron chi connectivity index (χ2n) is 14.6. The lowest BCUT2D eigenvalue weighted by Crippen LogP contribution is -2.41. The molecule has 7 N–H and O–H groups in total. The zero-order valence-electron chi connectivity index (χ0n) is 31.9. The number of rotatable bonds is 16. The summed E-state index contributed by atoms with van der Waals surface area (Å²) in [4.78, 5) is 67.8. The Hall–Kier alpha value is -4.89. The minimum absolute atomic E-state index is 0.0953. The third-order valence-electron chi connectivity index (χ3n) is 11.2. The van der Waals surface area contributed by atoms with E-state index in [4.69, 9.17) is 30.4 Å². The molecule has 2 atom stereocenters. The van der Waals surface area contributed by atoms with Gasteiger partial charge in [0, 0.05) is 49.9 Å². The Balaban J connectivity index is 1.29. The first-order chi connectivity index (χ1) is 25.9. The van der Waals surface area contributed by atoms with Crippen LogP contribution in [0.5, 0.6) is 23.0 Å². The Bertz CT molecular complexity index is 1740. The van der Waals surface area contributed by atoms with E-state index in [-0.39, 0.29) is 93.9 Å². The minimum atomic E-state index is -0.707. The van der Waals surface area contributed by atoms with E-state index in [1.807, 2.05) is 6.92 Å². The van der Waals surface area contributed by atoms with Crippen LogP contribution in [0, 0.1) is 5.92 Å². The molecule has 0 bridgehead atoms. The number of Topliss-reactive ketones (excluding diaryl/α,β-unsaturated/α-hetero) is 1. The van der Waals surface area contributed by atoms with E-state index in [2.05, 4.69) is 16.0 Å². The fourth-order valence-electron chi connectivity index (χ4n) is 7.93. The van der Waals surface area contributed by atoms with Crippen molar-refractivity contribution in [2.75, 3.05) is 48.1 Å². The standard InChI is InChI=1S/C39H54N6O9/c1-39(22-11-13-23(14-12-22)43-37(49)27-18-26(36(48)42-16-15-40)29(51-3)19-30(27)52-4)35(44-39)34(47)25-17-28(31(53-5)20-32(25)54-21-33(41)46)38(50)45(2)24-9-7-6-8-10-24/h17-20,22-24,35,44H,6-16,21,40H2,1-5H3,(H2,41,46)(H,42,48)(H,43,49)/t22?,23?,35?,39-/m1/s1. The Morgan fingerprint density at radius 3 is 1.96 bits per heavy atom. The summed E-state index contributed by atoms with van der Waals surface area (Å²) < 4.78 is 22.1. The predicted octanol–water partition coefficient (Wildman–Crippen LogP) is 2.57. The number of nitrogens with zero attached hydrogens (tertiary/aromatic N) is 1. The van der Waals surface area contributed by atoms with Crippen LogP contribution in [-0.2, 0) is 4.79 Å². The highest BCUT2D eigenvalue weighted by Crippen LogP contribution is 2.45. The Morgan fingerprint density at radius 1 is 0.796 bits per heavy atom. The van der Waals surface area contributed by atoms with E-state index in [1.54, 1.807) is 11.9 Å². The van der Waals surface area contributed by atoms with Crippen LogP contribution in [0.15, 0.2) is 24.3 Å². The summed E-state index contributed by atoms with van der Waals surface area (Å²) in [7, 11) is 6.10. The number of methoxy groups -OCH3 is 3. The molecule has 2 saturated carbocycles. The van der Waals surface area contributed by atoms with Crippen LogP contribution < -0.4 is 46.4 Å². The van der Waals surface area contributed by atoms with Gasteiger partial charge in [0.25, 0.3) is 23.6 Å². The van der Waals surface area contributed by atoms with Crippen molar-refractivity contribution in [3.05, 3.63) is 46.5 Å². The highest BCUT2D eigenvalue weighted by Gasteiger charge is 2.59. The van der Waals surface area contributed by atoms with Gasteiger partial charge in [-0.1, -0.05) is 19.3 Å². The van der Waals surface area contributed by atoms with Crippen molar-refractivity contribution in [1.29, 1.82) is 0 Å². The highest BCUT2D eigenvalue weighted by molar-refractivity contribution is 6.08. The minimum Gasteiger partial charge on any atom is -0.496 e. The van der Waals surface area contributed by atoms with E-state index in [9.17, 15) is 24.0 Å². The summed E-state index contributed by atoms with van der Waals surface area (Å²) in [6.07, 6.45) is 7.87. The van der Waals surface area contributed by atoms with Crippen LogP contribution in [0.1, 0.15) is 106 Å². The highest BCUT2D eigenvalue weighted by atomic mass is 16.5. The third kappa shape index (κ3) is 8.73. The van der Waals surface area contributed by atoms with Gasteiger partial charge >= 0.3 is 0 Å². The lowest BCUT2D eigenvalue weighted by atomic mass is 9.76. The number of carbonyl (C=O) groups excluding carboxylic acids is 5. The first-order valence-electron chi connectivity index (χ1n) is 18.6. The molecule has 0 aromatic heterocycles. The van der Waals surface area contributed by atoms with Crippen LogP contribution in [-0.4, -0.2) is 106 Å². The van der Waals surface area contributed by atoms with Gasteiger partial charge < -0.3 is 45.9 Å². The number of primary amides is 1. The van der Waals surface area contributed by atoms with Gasteiger partial charge in [0.15, 0.2) is 12.4 Å². The second-order valence-corrected chi connectivity index (χ2v) is 14.6. The fourth-order valence-corrected chi connectivity index (χ4v) is 7.93. The number of nitrogens with one attached hydrogen (secondary N) is 3. The average molecular weight is 751 g/mol. The summed E-state index contributed by atoms with van der Waals surface area (Å²) in [5.74, 6) is -1.01. The molecule has 0 radical (unpaired) electrons. The van der Waals surface area contributed by atoms with Crippen LogP contribution in [0.4, 0.5) is 0 Å². The van der Waals surface area contributed by atoms with E-state index >= 15 is 0 Å². The molecule has 3 aliphatic rings. The lowest BCUT2D eigenvalue weighted by Gasteiger charge is -2.32.